The van der Waals surface area contributed by atoms with Crippen LogP contribution in [0.4, 0.5) is 0 Å². The molecule has 0 fully saturated rings. The normalized spacial score (nSPS) is 14.3. The molecule has 17 nitrogen and oxygen atoms in total. The quantitative estimate of drug-likeness (QED) is 0.0222. The molecule has 0 aliphatic carbocycles. The van der Waals surface area contributed by atoms with Crippen LogP contribution in [0.2, 0.25) is 0 Å². The monoisotopic (exact) mass is 1170 g/mol. The highest BCUT2D eigenvalue weighted by Crippen LogP contribution is 2.45. The van der Waals surface area contributed by atoms with Crippen LogP contribution in [0.15, 0.2) is 0 Å². The van der Waals surface area contributed by atoms with Gasteiger partial charge in [0, 0.05) is 25.7 Å². The van der Waals surface area contributed by atoms with Crippen LogP contribution in [0.3, 0.4) is 0 Å². The number of ether oxygens (including phenoxy) is 4. The van der Waals surface area contributed by atoms with Gasteiger partial charge in [0.2, 0.25) is 0 Å². The van der Waals surface area contributed by atoms with Crippen molar-refractivity contribution in [2.24, 2.45) is 0 Å². The predicted molar refractivity (Wildman–Crippen MR) is 312 cm³/mol. The van der Waals surface area contributed by atoms with Crippen LogP contribution in [0.5, 0.6) is 0 Å². The van der Waals surface area contributed by atoms with E-state index in [-0.39, 0.29) is 25.7 Å². The number of carbonyl (C=O) groups is 4. The van der Waals surface area contributed by atoms with Crippen molar-refractivity contribution in [1.82, 2.24) is 0 Å². The fraction of sp³-hybridized carbons (Fsp3) is 0.933. The Kier molecular flexibility index (Phi) is 53.9. The molecular weight excluding hydrogens is 1050 g/mol. The summed E-state index contributed by atoms with van der Waals surface area (Å²) in [5.74, 6) is -2.14. The molecule has 0 aliphatic heterocycles. The van der Waals surface area contributed by atoms with E-state index in [0.717, 1.165) is 96.3 Å². The standard InChI is InChI=1S/C60H116O17P2/c1-5-9-13-17-21-25-26-27-28-31-35-39-43-47-60(65)77-56(51-71-58(63)45-41-37-33-29-22-18-14-10-6-2)53-75-79(68,69)73-49-54(61)48-72-78(66,67)74-52-55(50-70-57(62)44-40-36-32-24-20-16-12-8-4)76-59(64)46-42-38-34-30-23-19-15-11-7-3/h54-56,61H,5-53H2,1-4H3,(H,66,67)(H,68,69)/t54-,55+,56+/m0/s1. The van der Waals surface area contributed by atoms with Gasteiger partial charge >= 0.3 is 39.5 Å². The van der Waals surface area contributed by atoms with Crippen molar-refractivity contribution < 1.29 is 80.2 Å². The third-order valence-electron chi connectivity index (χ3n) is 13.9. The molecule has 0 bridgehead atoms. The first-order valence-corrected chi connectivity index (χ1v) is 34.8. The zero-order valence-electron chi connectivity index (χ0n) is 50.3. The summed E-state index contributed by atoms with van der Waals surface area (Å²) in [6, 6.07) is 0. The van der Waals surface area contributed by atoms with Crippen molar-refractivity contribution in [3.05, 3.63) is 0 Å². The van der Waals surface area contributed by atoms with Crippen LogP contribution in [-0.2, 0) is 65.4 Å². The Morgan fingerprint density at radius 1 is 0.304 bits per heavy atom. The number of aliphatic hydroxyl groups is 1. The summed E-state index contributed by atoms with van der Waals surface area (Å²) in [5.41, 5.74) is 0. The Hall–Kier alpha value is -1.94. The highest BCUT2D eigenvalue weighted by atomic mass is 31.2. The molecule has 3 N–H and O–H groups in total. The first kappa shape index (κ1) is 77.1. The maximum absolute atomic E-state index is 12.9. The Bertz CT molecular complexity index is 1540. The van der Waals surface area contributed by atoms with Gasteiger partial charge < -0.3 is 33.8 Å². The largest absolute Gasteiger partial charge is 0.472 e. The molecule has 2 unspecified atom stereocenters. The molecule has 0 aromatic rings. The lowest BCUT2D eigenvalue weighted by Crippen LogP contribution is -2.30. The van der Waals surface area contributed by atoms with Gasteiger partial charge in [-0.05, 0) is 25.7 Å². The summed E-state index contributed by atoms with van der Waals surface area (Å²) in [5, 5.41) is 10.5. The topological polar surface area (TPSA) is 237 Å². The molecule has 0 rings (SSSR count). The van der Waals surface area contributed by atoms with E-state index in [2.05, 4.69) is 27.7 Å². The molecule has 0 aromatic heterocycles. The van der Waals surface area contributed by atoms with E-state index in [1.165, 1.54) is 128 Å². The number of hydrogen-bond acceptors (Lipinski definition) is 15. The van der Waals surface area contributed by atoms with Crippen LogP contribution in [0.1, 0.15) is 304 Å². The molecule has 79 heavy (non-hydrogen) atoms. The summed E-state index contributed by atoms with van der Waals surface area (Å²) in [6.45, 7) is 4.81. The van der Waals surface area contributed by atoms with Gasteiger partial charge in [-0.2, -0.15) is 0 Å². The number of esters is 4. The number of carbonyl (C=O) groups excluding carboxylic acids is 4. The van der Waals surface area contributed by atoms with Crippen LogP contribution >= 0.6 is 15.6 Å². The van der Waals surface area contributed by atoms with Gasteiger partial charge in [-0.3, -0.25) is 37.3 Å². The Labute approximate surface area is 479 Å². The first-order chi connectivity index (χ1) is 38.2. The van der Waals surface area contributed by atoms with Gasteiger partial charge in [0.1, 0.15) is 19.3 Å². The second-order valence-corrected chi connectivity index (χ2v) is 24.6. The molecule has 5 atom stereocenters. The zero-order chi connectivity index (χ0) is 58.3. The minimum atomic E-state index is -4.94. The summed E-state index contributed by atoms with van der Waals surface area (Å²) in [6.07, 6.45) is 38.9. The zero-order valence-corrected chi connectivity index (χ0v) is 52.1. The SMILES string of the molecule is CCCCCCCCCCCCCCCC(=O)O[C@H](COC(=O)CCCCCCCCCCC)COP(=O)(O)OC[C@@H](O)COP(=O)(O)OC[C@@H](COC(=O)CCCCCCCCCC)OC(=O)CCCCCCCCCCC. The number of hydrogen-bond donors (Lipinski definition) is 3. The van der Waals surface area contributed by atoms with Crippen molar-refractivity contribution in [3.63, 3.8) is 0 Å². The minimum absolute atomic E-state index is 0.106. The Morgan fingerprint density at radius 2 is 0.506 bits per heavy atom. The molecule has 0 saturated heterocycles. The average molecular weight is 1170 g/mol. The lowest BCUT2D eigenvalue weighted by molar-refractivity contribution is -0.161. The highest BCUT2D eigenvalue weighted by Gasteiger charge is 2.30. The van der Waals surface area contributed by atoms with Crippen molar-refractivity contribution in [2.75, 3.05) is 39.6 Å². The van der Waals surface area contributed by atoms with Gasteiger partial charge in [0.15, 0.2) is 12.2 Å². The molecular formula is C60H116O17P2. The second-order valence-electron chi connectivity index (χ2n) is 21.7. The van der Waals surface area contributed by atoms with E-state index >= 15 is 0 Å². The summed E-state index contributed by atoms with van der Waals surface area (Å²) in [7, 11) is -9.87. The molecule has 0 aliphatic rings. The van der Waals surface area contributed by atoms with E-state index in [4.69, 9.17) is 37.0 Å². The lowest BCUT2D eigenvalue weighted by atomic mass is 10.0. The average Bonchev–Trinajstić information content (AvgIpc) is 3.42. The van der Waals surface area contributed by atoms with Gasteiger partial charge in [-0.25, -0.2) is 9.13 Å². The molecule has 0 amide bonds. The van der Waals surface area contributed by atoms with Crippen LogP contribution in [0, 0.1) is 0 Å². The first-order valence-electron chi connectivity index (χ1n) is 31.8. The summed E-state index contributed by atoms with van der Waals surface area (Å²) >= 11 is 0. The highest BCUT2D eigenvalue weighted by molar-refractivity contribution is 7.47. The summed E-state index contributed by atoms with van der Waals surface area (Å²) < 4.78 is 67.7. The molecule has 468 valence electrons. The number of phosphoric acid groups is 2. The molecule has 19 heteroatoms. The van der Waals surface area contributed by atoms with Gasteiger partial charge in [0.25, 0.3) is 0 Å². The van der Waals surface area contributed by atoms with Crippen molar-refractivity contribution >= 4 is 39.5 Å². The van der Waals surface area contributed by atoms with Gasteiger partial charge in [0.05, 0.1) is 26.4 Å². The van der Waals surface area contributed by atoms with E-state index in [9.17, 15) is 43.2 Å². The Morgan fingerprint density at radius 3 is 0.747 bits per heavy atom. The predicted octanol–water partition coefficient (Wildman–Crippen LogP) is 16.4. The second kappa shape index (κ2) is 55.3. The maximum Gasteiger partial charge on any atom is 0.472 e. The van der Waals surface area contributed by atoms with Crippen molar-refractivity contribution in [2.45, 2.75) is 322 Å². The van der Waals surface area contributed by atoms with Crippen molar-refractivity contribution in [3.8, 4) is 0 Å². The molecule has 0 radical (unpaired) electrons. The van der Waals surface area contributed by atoms with Gasteiger partial charge in [-0.1, -0.05) is 252 Å². The van der Waals surface area contributed by atoms with Crippen LogP contribution in [-0.4, -0.2) is 96.7 Å². The number of phosphoric ester groups is 2. The number of unbranched alkanes of at least 4 members (excludes halogenated alkanes) is 35. The molecule has 0 aromatic carbocycles. The Balaban J connectivity index is 5.20. The number of rotatable bonds is 61. The van der Waals surface area contributed by atoms with Gasteiger partial charge in [-0.15, -0.1) is 0 Å². The van der Waals surface area contributed by atoms with Crippen LogP contribution in [0.25, 0.3) is 0 Å². The lowest BCUT2D eigenvalue weighted by Gasteiger charge is -2.21. The molecule has 0 heterocycles. The van der Waals surface area contributed by atoms with E-state index in [0.29, 0.717) is 25.7 Å². The van der Waals surface area contributed by atoms with E-state index in [1.807, 2.05) is 0 Å². The third kappa shape index (κ3) is 55.0. The third-order valence-corrected chi connectivity index (χ3v) is 15.8. The number of aliphatic hydroxyl groups excluding tert-OH is 1. The van der Waals surface area contributed by atoms with Crippen molar-refractivity contribution in [1.29, 1.82) is 0 Å². The summed E-state index contributed by atoms with van der Waals surface area (Å²) in [4.78, 5) is 71.9. The smallest absolute Gasteiger partial charge is 0.462 e. The molecule has 0 saturated carbocycles. The van der Waals surface area contributed by atoms with E-state index < -0.39 is 97.5 Å². The fourth-order valence-corrected chi connectivity index (χ4v) is 10.5. The fourth-order valence-electron chi connectivity index (χ4n) is 8.93. The van der Waals surface area contributed by atoms with E-state index in [1.54, 1.807) is 0 Å². The van der Waals surface area contributed by atoms with Crippen LogP contribution < -0.4 is 0 Å². The molecule has 0 spiro atoms. The maximum atomic E-state index is 12.9. The minimum Gasteiger partial charge on any atom is -0.462 e.